The molecule has 0 bridgehead atoms. The molecule has 1 saturated carbocycles. The first-order valence-electron chi connectivity index (χ1n) is 7.59. The van der Waals surface area contributed by atoms with Crippen LogP contribution in [0.3, 0.4) is 0 Å². The summed E-state index contributed by atoms with van der Waals surface area (Å²) in [5, 5.41) is 11.9. The number of aryl methyl sites for hydroxylation is 2. The van der Waals surface area contributed by atoms with E-state index in [2.05, 4.69) is 33.1 Å². The maximum atomic E-state index is 12.2. The third-order valence-electron chi connectivity index (χ3n) is 3.82. The first-order valence-corrected chi connectivity index (χ1v) is 8.58. The van der Waals surface area contributed by atoms with Crippen molar-refractivity contribution >= 4 is 23.4 Å². The summed E-state index contributed by atoms with van der Waals surface area (Å²) >= 11 is 1.45. The van der Waals surface area contributed by atoms with Gasteiger partial charge in [-0.3, -0.25) is 4.79 Å². The van der Waals surface area contributed by atoms with Gasteiger partial charge in [-0.1, -0.05) is 36.9 Å². The molecule has 1 aromatic heterocycles. The molecule has 22 heavy (non-hydrogen) atoms. The highest BCUT2D eigenvalue weighted by molar-refractivity contribution is 7.99. The van der Waals surface area contributed by atoms with Gasteiger partial charge in [0.15, 0.2) is 5.16 Å². The minimum atomic E-state index is -0.000605. The zero-order valence-electron chi connectivity index (χ0n) is 12.9. The van der Waals surface area contributed by atoms with Gasteiger partial charge in [-0.2, -0.15) is 0 Å². The van der Waals surface area contributed by atoms with Crippen molar-refractivity contribution in [1.29, 1.82) is 0 Å². The summed E-state index contributed by atoms with van der Waals surface area (Å²) in [5.41, 5.74) is 3.21. The van der Waals surface area contributed by atoms with Crippen LogP contribution in [0.4, 0.5) is 5.69 Å². The first kappa shape index (κ1) is 15.1. The molecule has 0 spiro atoms. The molecule has 0 aliphatic heterocycles. The predicted molar refractivity (Wildman–Crippen MR) is 88.2 cm³/mol. The SMILES string of the molecule is CCc1cccc(C)c1NC(=O)CSc1nncn1C1CC1. The number of nitrogens with one attached hydrogen (secondary N) is 1. The highest BCUT2D eigenvalue weighted by Crippen LogP contribution is 2.37. The lowest BCUT2D eigenvalue weighted by Crippen LogP contribution is -2.16. The number of thioether (sulfide) groups is 1. The Balaban J connectivity index is 1.62. The van der Waals surface area contributed by atoms with Gasteiger partial charge in [0.25, 0.3) is 0 Å². The van der Waals surface area contributed by atoms with E-state index >= 15 is 0 Å². The largest absolute Gasteiger partial charge is 0.325 e. The van der Waals surface area contributed by atoms with Crippen LogP contribution in [0.15, 0.2) is 29.7 Å². The van der Waals surface area contributed by atoms with Gasteiger partial charge in [-0.05, 0) is 37.3 Å². The summed E-state index contributed by atoms with van der Waals surface area (Å²) in [6.45, 7) is 4.11. The van der Waals surface area contributed by atoms with Gasteiger partial charge in [-0.25, -0.2) is 0 Å². The van der Waals surface area contributed by atoms with E-state index in [1.165, 1.54) is 30.2 Å². The second-order valence-corrected chi connectivity index (χ2v) is 6.49. The maximum Gasteiger partial charge on any atom is 0.234 e. The number of carbonyl (C=O) groups is 1. The number of carbonyl (C=O) groups excluding carboxylic acids is 1. The van der Waals surface area contributed by atoms with Crippen LogP contribution in [0.25, 0.3) is 0 Å². The van der Waals surface area contributed by atoms with Crippen LogP contribution in [0.2, 0.25) is 0 Å². The molecule has 2 aromatic rings. The molecule has 1 aromatic carbocycles. The quantitative estimate of drug-likeness (QED) is 0.831. The van der Waals surface area contributed by atoms with E-state index in [4.69, 9.17) is 0 Å². The molecule has 1 aliphatic rings. The normalized spacial score (nSPS) is 14.1. The molecule has 6 heteroatoms. The highest BCUT2D eigenvalue weighted by Gasteiger charge is 2.26. The monoisotopic (exact) mass is 316 g/mol. The van der Waals surface area contributed by atoms with Crippen molar-refractivity contribution in [2.24, 2.45) is 0 Å². The maximum absolute atomic E-state index is 12.2. The van der Waals surface area contributed by atoms with Crippen LogP contribution in [0.1, 0.15) is 36.9 Å². The van der Waals surface area contributed by atoms with E-state index in [-0.39, 0.29) is 5.91 Å². The van der Waals surface area contributed by atoms with Crippen molar-refractivity contribution in [3.05, 3.63) is 35.7 Å². The van der Waals surface area contributed by atoms with Crippen molar-refractivity contribution in [2.45, 2.75) is 44.3 Å². The van der Waals surface area contributed by atoms with Crippen LogP contribution < -0.4 is 5.32 Å². The average molecular weight is 316 g/mol. The lowest BCUT2D eigenvalue weighted by atomic mass is 10.1. The Morgan fingerprint density at radius 1 is 1.45 bits per heavy atom. The third kappa shape index (κ3) is 3.32. The number of amides is 1. The Hall–Kier alpha value is -1.82. The Kier molecular flexibility index (Phi) is 4.47. The Morgan fingerprint density at radius 2 is 2.27 bits per heavy atom. The van der Waals surface area contributed by atoms with E-state index in [0.29, 0.717) is 11.8 Å². The Bertz CT molecular complexity index is 679. The van der Waals surface area contributed by atoms with Crippen molar-refractivity contribution in [3.8, 4) is 0 Å². The van der Waals surface area contributed by atoms with E-state index < -0.39 is 0 Å². The van der Waals surface area contributed by atoms with Crippen molar-refractivity contribution < 1.29 is 4.79 Å². The van der Waals surface area contributed by atoms with Gasteiger partial charge in [0.1, 0.15) is 6.33 Å². The smallest absolute Gasteiger partial charge is 0.234 e. The molecular weight excluding hydrogens is 296 g/mol. The van der Waals surface area contributed by atoms with E-state index in [1.54, 1.807) is 6.33 Å². The fourth-order valence-electron chi connectivity index (χ4n) is 2.45. The molecule has 0 atom stereocenters. The number of nitrogens with zero attached hydrogens (tertiary/aromatic N) is 3. The molecule has 1 amide bonds. The number of benzene rings is 1. The summed E-state index contributed by atoms with van der Waals surface area (Å²) < 4.78 is 2.07. The van der Waals surface area contributed by atoms with Crippen LogP contribution in [-0.2, 0) is 11.2 Å². The zero-order chi connectivity index (χ0) is 15.5. The topological polar surface area (TPSA) is 59.8 Å². The van der Waals surface area contributed by atoms with Crippen molar-refractivity contribution in [3.63, 3.8) is 0 Å². The van der Waals surface area contributed by atoms with Gasteiger partial charge in [0.2, 0.25) is 5.91 Å². The molecule has 1 N–H and O–H groups in total. The third-order valence-corrected chi connectivity index (χ3v) is 4.77. The standard InChI is InChI=1S/C16H20N4OS/c1-3-12-6-4-5-11(2)15(12)18-14(21)9-22-16-19-17-10-20(16)13-7-8-13/h4-6,10,13H,3,7-9H2,1-2H3,(H,18,21). The van der Waals surface area contributed by atoms with Gasteiger partial charge in [0, 0.05) is 11.7 Å². The molecule has 1 aliphatic carbocycles. The van der Waals surface area contributed by atoms with Gasteiger partial charge < -0.3 is 9.88 Å². The number of aromatic nitrogens is 3. The molecule has 1 fully saturated rings. The summed E-state index contributed by atoms with van der Waals surface area (Å²) in [6, 6.07) is 6.63. The number of hydrogen-bond donors (Lipinski definition) is 1. The summed E-state index contributed by atoms with van der Waals surface area (Å²) in [5.74, 6) is 0.349. The molecule has 116 valence electrons. The molecular formula is C16H20N4OS. The Labute approximate surface area is 134 Å². The number of anilines is 1. The van der Waals surface area contributed by atoms with E-state index in [1.807, 2.05) is 19.1 Å². The van der Waals surface area contributed by atoms with Crippen molar-refractivity contribution in [1.82, 2.24) is 14.8 Å². The average Bonchev–Trinajstić information content (AvgIpc) is 3.25. The van der Waals surface area contributed by atoms with Crippen molar-refractivity contribution in [2.75, 3.05) is 11.1 Å². The summed E-state index contributed by atoms with van der Waals surface area (Å²) in [6.07, 6.45) is 5.02. The second-order valence-electron chi connectivity index (χ2n) is 5.55. The molecule has 1 heterocycles. The molecule has 3 rings (SSSR count). The first-order chi connectivity index (χ1) is 10.7. The summed E-state index contributed by atoms with van der Waals surface area (Å²) in [4.78, 5) is 12.2. The van der Waals surface area contributed by atoms with E-state index in [9.17, 15) is 4.79 Å². The number of hydrogen-bond acceptors (Lipinski definition) is 4. The fourth-order valence-corrected chi connectivity index (χ4v) is 3.23. The molecule has 0 radical (unpaired) electrons. The molecule has 0 saturated heterocycles. The fraction of sp³-hybridized carbons (Fsp3) is 0.438. The summed E-state index contributed by atoms with van der Waals surface area (Å²) in [7, 11) is 0. The lowest BCUT2D eigenvalue weighted by molar-refractivity contribution is -0.113. The number of para-hydroxylation sites is 1. The van der Waals surface area contributed by atoms with E-state index in [0.717, 1.165) is 22.8 Å². The Morgan fingerprint density at radius 3 is 3.00 bits per heavy atom. The highest BCUT2D eigenvalue weighted by atomic mass is 32.2. The van der Waals surface area contributed by atoms with Gasteiger partial charge >= 0.3 is 0 Å². The molecule has 0 unspecified atom stereocenters. The van der Waals surface area contributed by atoms with Gasteiger partial charge in [-0.15, -0.1) is 10.2 Å². The minimum absolute atomic E-state index is 0.000605. The van der Waals surface area contributed by atoms with Crippen LogP contribution in [-0.4, -0.2) is 26.4 Å². The van der Waals surface area contributed by atoms with Gasteiger partial charge in [0.05, 0.1) is 5.75 Å². The predicted octanol–water partition coefficient (Wildman–Crippen LogP) is 3.21. The minimum Gasteiger partial charge on any atom is -0.325 e. The second kappa shape index (κ2) is 6.52. The number of rotatable bonds is 6. The zero-order valence-corrected chi connectivity index (χ0v) is 13.7. The molecule has 5 nitrogen and oxygen atoms in total. The lowest BCUT2D eigenvalue weighted by Gasteiger charge is -2.12. The van der Waals surface area contributed by atoms with Crippen LogP contribution >= 0.6 is 11.8 Å². The van der Waals surface area contributed by atoms with Crippen LogP contribution in [0.5, 0.6) is 0 Å². The van der Waals surface area contributed by atoms with Crippen LogP contribution in [0, 0.1) is 6.92 Å².